The lowest BCUT2D eigenvalue weighted by molar-refractivity contribution is -0.137. The van der Waals surface area contributed by atoms with Crippen LogP contribution in [0.4, 0.5) is 18.9 Å². The number of carbonyl (C=O) groups excluding carboxylic acids is 1. The maximum atomic E-state index is 12.7. The highest BCUT2D eigenvalue weighted by molar-refractivity contribution is 6.32. The first kappa shape index (κ1) is 23.3. The van der Waals surface area contributed by atoms with Gasteiger partial charge in [0, 0.05) is 28.4 Å². The predicted octanol–water partition coefficient (Wildman–Crippen LogP) is 6.51. The molecule has 0 aliphatic carbocycles. The van der Waals surface area contributed by atoms with Gasteiger partial charge in [0.05, 0.1) is 5.56 Å². The fourth-order valence-electron chi connectivity index (χ4n) is 2.63. The molecule has 1 amide bonds. The van der Waals surface area contributed by atoms with Crippen LogP contribution < -0.4 is 5.32 Å². The Balaban J connectivity index is 2.04. The van der Waals surface area contributed by atoms with Crippen LogP contribution in [0.15, 0.2) is 42.5 Å². The van der Waals surface area contributed by atoms with Crippen molar-refractivity contribution >= 4 is 40.9 Å². The van der Waals surface area contributed by atoms with E-state index in [9.17, 15) is 18.0 Å². The van der Waals surface area contributed by atoms with Gasteiger partial charge < -0.3 is 5.32 Å². The van der Waals surface area contributed by atoms with Gasteiger partial charge in [-0.2, -0.15) is 13.2 Å². The summed E-state index contributed by atoms with van der Waals surface area (Å²) < 4.78 is 38.0. The number of anilines is 1. The second-order valence-corrected chi connectivity index (χ2v) is 7.14. The summed E-state index contributed by atoms with van der Waals surface area (Å²) in [5.74, 6) is -0.450. The molecular weight excluding hydrogens is 424 g/mol. The average molecular weight is 445 g/mol. The van der Waals surface area contributed by atoms with Crippen molar-refractivity contribution in [2.45, 2.75) is 26.6 Å². The topological polar surface area (TPSA) is 32.3 Å². The molecule has 3 nitrogen and oxygen atoms in total. The van der Waals surface area contributed by atoms with Crippen molar-refractivity contribution in [2.75, 3.05) is 18.4 Å². The van der Waals surface area contributed by atoms with Crippen LogP contribution in [0, 0.1) is 0 Å². The number of nitrogens with one attached hydrogen (secondary N) is 1. The molecule has 0 atom stereocenters. The molecule has 29 heavy (non-hydrogen) atoms. The van der Waals surface area contributed by atoms with E-state index in [1.807, 2.05) is 6.07 Å². The Morgan fingerprint density at radius 3 is 2.31 bits per heavy atom. The van der Waals surface area contributed by atoms with Gasteiger partial charge >= 0.3 is 6.18 Å². The van der Waals surface area contributed by atoms with Crippen LogP contribution in [0.5, 0.6) is 0 Å². The maximum Gasteiger partial charge on any atom is 0.416 e. The summed E-state index contributed by atoms with van der Waals surface area (Å²) in [6.45, 7) is 6.67. The van der Waals surface area contributed by atoms with E-state index < -0.39 is 17.6 Å². The lowest BCUT2D eigenvalue weighted by Gasteiger charge is -2.19. The zero-order chi connectivity index (χ0) is 21.6. The molecule has 0 aliphatic heterocycles. The fourth-order valence-corrected chi connectivity index (χ4v) is 3.11. The molecule has 0 aromatic heterocycles. The highest BCUT2D eigenvalue weighted by Crippen LogP contribution is 2.32. The van der Waals surface area contributed by atoms with E-state index in [1.54, 1.807) is 12.1 Å². The highest BCUT2D eigenvalue weighted by Gasteiger charge is 2.30. The van der Waals surface area contributed by atoms with Crippen molar-refractivity contribution in [1.29, 1.82) is 0 Å². The van der Waals surface area contributed by atoms with E-state index in [2.05, 4.69) is 24.1 Å². The Labute approximate surface area is 178 Å². The quantitative estimate of drug-likeness (QED) is 0.493. The molecule has 0 heterocycles. The molecule has 2 aromatic carbocycles. The Kier molecular flexibility index (Phi) is 8.14. The number of alkyl halides is 3. The van der Waals surface area contributed by atoms with E-state index in [0.29, 0.717) is 22.8 Å². The molecule has 0 fully saturated rings. The summed E-state index contributed by atoms with van der Waals surface area (Å²) in [6, 6.07) is 8.23. The number of hydrogen-bond acceptors (Lipinski definition) is 2. The molecule has 0 spiro atoms. The zero-order valence-corrected chi connectivity index (χ0v) is 17.5. The number of nitrogens with zero attached hydrogens (tertiary/aromatic N) is 1. The van der Waals surface area contributed by atoms with Crippen molar-refractivity contribution < 1.29 is 18.0 Å². The second-order valence-electron chi connectivity index (χ2n) is 6.32. The molecule has 1 N–H and O–H groups in total. The molecule has 0 aliphatic rings. The first-order chi connectivity index (χ1) is 13.6. The fraction of sp³-hybridized carbons (Fsp3) is 0.286. The number of amides is 1. The lowest BCUT2D eigenvalue weighted by Crippen LogP contribution is -2.22. The van der Waals surface area contributed by atoms with Crippen LogP contribution in [0.1, 0.15) is 30.5 Å². The van der Waals surface area contributed by atoms with Crippen LogP contribution >= 0.6 is 23.2 Å². The molecule has 2 aromatic rings. The summed E-state index contributed by atoms with van der Waals surface area (Å²) >= 11 is 12.2. The predicted molar refractivity (Wildman–Crippen MR) is 112 cm³/mol. The van der Waals surface area contributed by atoms with Crippen molar-refractivity contribution in [1.82, 2.24) is 4.90 Å². The maximum absolute atomic E-state index is 12.7. The normalized spacial score (nSPS) is 12.0. The van der Waals surface area contributed by atoms with E-state index in [1.165, 1.54) is 18.2 Å². The largest absolute Gasteiger partial charge is 0.416 e. The molecule has 2 rings (SSSR count). The Morgan fingerprint density at radius 2 is 1.76 bits per heavy atom. The van der Waals surface area contributed by atoms with Crippen LogP contribution in [0.25, 0.3) is 6.08 Å². The Bertz CT molecular complexity index is 894. The summed E-state index contributed by atoms with van der Waals surface area (Å²) in [4.78, 5) is 14.3. The molecule has 0 saturated heterocycles. The van der Waals surface area contributed by atoms with Crippen molar-refractivity contribution in [3.05, 3.63) is 69.2 Å². The van der Waals surface area contributed by atoms with Crippen molar-refractivity contribution in [2.24, 2.45) is 0 Å². The van der Waals surface area contributed by atoms with Gasteiger partial charge in [0.25, 0.3) is 0 Å². The SMILES string of the molecule is CCN(CC)Cc1ccc(NC(=O)/C=C/c2ccc(C(F)(F)F)cc2Cl)cc1Cl. The van der Waals surface area contributed by atoms with Crippen molar-refractivity contribution in [3.8, 4) is 0 Å². The van der Waals surface area contributed by atoms with E-state index in [0.717, 1.165) is 30.8 Å². The number of carbonyl (C=O) groups is 1. The number of halogens is 5. The third-order valence-electron chi connectivity index (χ3n) is 4.35. The molecule has 8 heteroatoms. The molecule has 0 radical (unpaired) electrons. The first-order valence-corrected chi connectivity index (χ1v) is 9.76. The first-order valence-electron chi connectivity index (χ1n) is 9.00. The lowest BCUT2D eigenvalue weighted by atomic mass is 10.1. The minimum atomic E-state index is -4.47. The number of benzene rings is 2. The van der Waals surface area contributed by atoms with Gasteiger partial charge in [-0.1, -0.05) is 49.2 Å². The molecule has 0 bridgehead atoms. The smallest absolute Gasteiger partial charge is 0.322 e. The summed E-state index contributed by atoms with van der Waals surface area (Å²) in [7, 11) is 0. The molecule has 0 saturated carbocycles. The van der Waals surface area contributed by atoms with Gasteiger partial charge in [-0.15, -0.1) is 0 Å². The van der Waals surface area contributed by atoms with Gasteiger partial charge in [-0.25, -0.2) is 0 Å². The summed E-state index contributed by atoms with van der Waals surface area (Å²) in [6.07, 6.45) is -1.92. The van der Waals surface area contributed by atoms with E-state index >= 15 is 0 Å². The minimum Gasteiger partial charge on any atom is -0.322 e. The van der Waals surface area contributed by atoms with Crippen molar-refractivity contribution in [3.63, 3.8) is 0 Å². The van der Waals surface area contributed by atoms with Gasteiger partial charge in [0.1, 0.15) is 0 Å². The summed E-state index contributed by atoms with van der Waals surface area (Å²) in [5, 5.41) is 3.13. The minimum absolute atomic E-state index is 0.0901. The monoisotopic (exact) mass is 444 g/mol. The van der Waals surface area contributed by atoms with Gasteiger partial charge in [0.2, 0.25) is 5.91 Å². The van der Waals surface area contributed by atoms with Gasteiger partial charge in [-0.05, 0) is 54.6 Å². The zero-order valence-electron chi connectivity index (χ0n) is 16.0. The number of hydrogen-bond donors (Lipinski definition) is 1. The van der Waals surface area contributed by atoms with E-state index in [4.69, 9.17) is 23.2 Å². The number of rotatable bonds is 7. The Morgan fingerprint density at radius 1 is 1.07 bits per heavy atom. The molecule has 156 valence electrons. The third kappa shape index (κ3) is 6.77. The third-order valence-corrected chi connectivity index (χ3v) is 5.03. The second kappa shape index (κ2) is 10.1. The van der Waals surface area contributed by atoms with Crippen LogP contribution in [-0.4, -0.2) is 23.9 Å². The van der Waals surface area contributed by atoms with Gasteiger partial charge in [0.15, 0.2) is 0 Å². The average Bonchev–Trinajstić information content (AvgIpc) is 2.65. The van der Waals surface area contributed by atoms with Crippen LogP contribution in [0.3, 0.4) is 0 Å². The van der Waals surface area contributed by atoms with Crippen LogP contribution in [-0.2, 0) is 17.5 Å². The molecular formula is C21H21Cl2F3N2O. The Hall–Kier alpha value is -2.02. The van der Waals surface area contributed by atoms with Crippen LogP contribution in [0.2, 0.25) is 10.0 Å². The summed E-state index contributed by atoms with van der Waals surface area (Å²) in [5.41, 5.74) is 0.942. The molecule has 0 unspecified atom stereocenters. The van der Waals surface area contributed by atoms with E-state index in [-0.39, 0.29) is 5.02 Å². The highest BCUT2D eigenvalue weighted by atomic mass is 35.5. The van der Waals surface area contributed by atoms with Gasteiger partial charge in [-0.3, -0.25) is 9.69 Å². The standard InChI is InChI=1S/C21H21Cl2F3N2O/c1-3-28(4-2)13-15-6-9-17(12-19(15)23)27-20(29)10-7-14-5-8-16(11-18(14)22)21(24,25)26/h5-12H,3-4,13H2,1-2H3,(H,27,29)/b10-7+.